The van der Waals surface area contributed by atoms with E-state index in [2.05, 4.69) is 49.3 Å². The largest absolute Gasteiger partial charge is 0.302 e. The van der Waals surface area contributed by atoms with Crippen molar-refractivity contribution >= 4 is 7.92 Å². The molecule has 0 N–H and O–H groups in total. The SMILES string of the molecule is CN(C)[C@@H](c1ccccc1)C1CCCC1P(C1CCCCC1)C1CCCCC1. The maximum Gasteiger partial charge on any atom is 0.0376 e. The van der Waals surface area contributed by atoms with Gasteiger partial charge in [-0.15, -0.1) is 0 Å². The lowest BCUT2D eigenvalue weighted by Gasteiger charge is -2.46. The Morgan fingerprint density at radius 1 is 0.714 bits per heavy atom. The molecule has 0 spiro atoms. The topological polar surface area (TPSA) is 3.24 Å². The summed E-state index contributed by atoms with van der Waals surface area (Å²) >= 11 is 0. The Morgan fingerprint density at radius 2 is 1.29 bits per heavy atom. The lowest BCUT2D eigenvalue weighted by Crippen LogP contribution is -2.35. The van der Waals surface area contributed by atoms with Gasteiger partial charge in [0.1, 0.15) is 0 Å². The monoisotopic (exact) mass is 399 g/mol. The summed E-state index contributed by atoms with van der Waals surface area (Å²) < 4.78 is 0. The van der Waals surface area contributed by atoms with E-state index in [1.807, 2.05) is 0 Å². The van der Waals surface area contributed by atoms with Crippen LogP contribution in [0.4, 0.5) is 0 Å². The van der Waals surface area contributed by atoms with Crippen molar-refractivity contribution in [1.82, 2.24) is 4.90 Å². The highest BCUT2D eigenvalue weighted by Gasteiger charge is 2.44. The fourth-order valence-corrected chi connectivity index (χ4v) is 11.7. The molecule has 0 saturated heterocycles. The second-order valence-corrected chi connectivity index (χ2v) is 13.0. The van der Waals surface area contributed by atoms with E-state index in [1.54, 1.807) is 31.2 Å². The van der Waals surface area contributed by atoms with Gasteiger partial charge in [-0.1, -0.05) is 83.2 Å². The minimum Gasteiger partial charge on any atom is -0.302 e. The van der Waals surface area contributed by atoms with Gasteiger partial charge in [0.05, 0.1) is 0 Å². The fourth-order valence-electron chi connectivity index (χ4n) is 6.88. The predicted octanol–water partition coefficient (Wildman–Crippen LogP) is 7.61. The van der Waals surface area contributed by atoms with Crippen molar-refractivity contribution in [3.63, 3.8) is 0 Å². The predicted molar refractivity (Wildman–Crippen MR) is 125 cm³/mol. The van der Waals surface area contributed by atoms with E-state index in [0.29, 0.717) is 6.04 Å². The Hall–Kier alpha value is -0.390. The van der Waals surface area contributed by atoms with E-state index in [9.17, 15) is 0 Å². The minimum absolute atomic E-state index is 0.188. The van der Waals surface area contributed by atoms with Crippen LogP contribution in [-0.4, -0.2) is 36.0 Å². The van der Waals surface area contributed by atoms with Gasteiger partial charge in [-0.25, -0.2) is 0 Å². The van der Waals surface area contributed by atoms with Gasteiger partial charge in [0.25, 0.3) is 0 Å². The standard InChI is InChI=1S/C26H42NP/c1-27(2)26(21-13-6-3-7-14-21)24-19-12-20-25(24)28(22-15-8-4-9-16-22)23-17-10-5-11-18-23/h3,6-7,13-14,22-26H,4-5,8-12,15-20H2,1-2H3/t24?,25?,26-/m0/s1. The number of nitrogens with zero attached hydrogens (tertiary/aromatic N) is 1. The summed E-state index contributed by atoms with van der Waals surface area (Å²) in [5.74, 6) is 0.882. The third-order valence-corrected chi connectivity index (χ3v) is 12.1. The third kappa shape index (κ3) is 4.67. The Balaban J connectivity index is 1.62. The normalized spacial score (nSPS) is 28.9. The summed E-state index contributed by atoms with van der Waals surface area (Å²) in [5.41, 5.74) is 4.77. The van der Waals surface area contributed by atoms with Crippen LogP contribution in [0.1, 0.15) is 95.1 Å². The van der Waals surface area contributed by atoms with Crippen molar-refractivity contribution in [2.24, 2.45) is 5.92 Å². The molecule has 0 radical (unpaired) electrons. The van der Waals surface area contributed by atoms with Gasteiger partial charge in [0.15, 0.2) is 0 Å². The van der Waals surface area contributed by atoms with Crippen molar-refractivity contribution in [2.75, 3.05) is 14.1 Å². The molecule has 3 saturated carbocycles. The van der Waals surface area contributed by atoms with Crippen molar-refractivity contribution < 1.29 is 0 Å². The van der Waals surface area contributed by atoms with Crippen LogP contribution in [0, 0.1) is 5.92 Å². The van der Waals surface area contributed by atoms with Crippen molar-refractivity contribution in [3.05, 3.63) is 35.9 Å². The van der Waals surface area contributed by atoms with E-state index < -0.39 is 0 Å². The molecule has 0 aromatic heterocycles. The van der Waals surface area contributed by atoms with Crippen LogP contribution >= 0.6 is 7.92 Å². The van der Waals surface area contributed by atoms with E-state index in [1.165, 1.54) is 57.8 Å². The first-order valence-electron chi connectivity index (χ1n) is 12.2. The molecule has 28 heavy (non-hydrogen) atoms. The van der Waals surface area contributed by atoms with E-state index in [4.69, 9.17) is 0 Å². The number of hydrogen-bond donors (Lipinski definition) is 0. The lowest BCUT2D eigenvalue weighted by atomic mass is 9.90. The van der Waals surface area contributed by atoms with E-state index in [-0.39, 0.29) is 7.92 Å². The Labute approximate surface area is 175 Å². The molecular formula is C26H42NP. The molecule has 1 aromatic carbocycles. The van der Waals surface area contributed by atoms with Gasteiger partial charge in [-0.05, 0) is 81.1 Å². The second-order valence-electron chi connectivity index (χ2n) is 10.0. The Morgan fingerprint density at radius 3 is 1.82 bits per heavy atom. The van der Waals surface area contributed by atoms with Gasteiger partial charge in [0, 0.05) is 6.04 Å². The molecule has 0 aliphatic heterocycles. The van der Waals surface area contributed by atoms with Gasteiger partial charge >= 0.3 is 0 Å². The molecule has 0 bridgehead atoms. The van der Waals surface area contributed by atoms with Crippen molar-refractivity contribution in [1.29, 1.82) is 0 Å². The highest BCUT2D eigenvalue weighted by Crippen LogP contribution is 2.65. The van der Waals surface area contributed by atoms with E-state index in [0.717, 1.165) is 22.9 Å². The highest BCUT2D eigenvalue weighted by molar-refractivity contribution is 7.60. The smallest absolute Gasteiger partial charge is 0.0376 e. The summed E-state index contributed by atoms with van der Waals surface area (Å²) in [5, 5.41) is 0. The molecule has 3 aliphatic rings. The first-order chi connectivity index (χ1) is 13.8. The zero-order valence-corrected chi connectivity index (χ0v) is 19.3. The quantitative estimate of drug-likeness (QED) is 0.445. The molecule has 3 fully saturated rings. The van der Waals surface area contributed by atoms with Crippen molar-refractivity contribution in [2.45, 2.75) is 106 Å². The summed E-state index contributed by atoms with van der Waals surface area (Å²) in [6.45, 7) is 0. The molecule has 2 unspecified atom stereocenters. The van der Waals surface area contributed by atoms with Crippen LogP contribution < -0.4 is 0 Å². The summed E-state index contributed by atoms with van der Waals surface area (Å²) in [6.07, 6.45) is 19.8. The van der Waals surface area contributed by atoms with Gasteiger partial charge < -0.3 is 4.90 Å². The van der Waals surface area contributed by atoms with Crippen LogP contribution in [0.15, 0.2) is 30.3 Å². The van der Waals surface area contributed by atoms with Gasteiger partial charge in [-0.2, -0.15) is 0 Å². The van der Waals surface area contributed by atoms with Crippen LogP contribution in [0.2, 0.25) is 0 Å². The molecule has 156 valence electrons. The van der Waals surface area contributed by atoms with Crippen LogP contribution in [-0.2, 0) is 0 Å². The third-order valence-electron chi connectivity index (χ3n) is 8.01. The molecule has 1 nitrogen and oxygen atoms in total. The maximum atomic E-state index is 2.55. The minimum atomic E-state index is 0.188. The van der Waals surface area contributed by atoms with Gasteiger partial charge in [0.2, 0.25) is 0 Å². The average Bonchev–Trinajstić information content (AvgIpc) is 3.19. The molecule has 0 heterocycles. The number of rotatable bonds is 6. The zero-order chi connectivity index (χ0) is 19.3. The Kier molecular flexibility index (Phi) is 7.51. The first kappa shape index (κ1) is 20.9. The van der Waals surface area contributed by atoms with Crippen LogP contribution in [0.3, 0.4) is 0 Å². The first-order valence-corrected chi connectivity index (χ1v) is 13.8. The molecule has 1 aromatic rings. The zero-order valence-electron chi connectivity index (χ0n) is 18.4. The van der Waals surface area contributed by atoms with Crippen LogP contribution in [0.5, 0.6) is 0 Å². The van der Waals surface area contributed by atoms with E-state index >= 15 is 0 Å². The maximum absolute atomic E-state index is 2.55. The second kappa shape index (κ2) is 10.1. The molecule has 3 aliphatic carbocycles. The number of benzene rings is 1. The number of hydrogen-bond acceptors (Lipinski definition) is 1. The van der Waals surface area contributed by atoms with Crippen molar-refractivity contribution in [3.8, 4) is 0 Å². The molecule has 4 rings (SSSR count). The Bertz CT molecular complexity index is 555. The molecule has 3 atom stereocenters. The molecule has 2 heteroatoms. The summed E-state index contributed by atoms with van der Waals surface area (Å²) in [4.78, 5) is 2.55. The molecule has 0 amide bonds. The fraction of sp³-hybridized carbons (Fsp3) is 0.769. The van der Waals surface area contributed by atoms with Crippen LogP contribution in [0.25, 0.3) is 0 Å². The summed E-state index contributed by atoms with van der Waals surface area (Å²) in [6, 6.07) is 12.1. The molecular weight excluding hydrogens is 357 g/mol. The summed E-state index contributed by atoms with van der Waals surface area (Å²) in [7, 11) is 4.85. The average molecular weight is 400 g/mol. The lowest BCUT2D eigenvalue weighted by molar-refractivity contribution is 0.215. The van der Waals surface area contributed by atoms with Gasteiger partial charge in [-0.3, -0.25) is 0 Å². The highest BCUT2D eigenvalue weighted by atomic mass is 31.1.